The summed E-state index contributed by atoms with van der Waals surface area (Å²) in [5, 5.41) is 6.02. The summed E-state index contributed by atoms with van der Waals surface area (Å²) in [6, 6.07) is 0. The van der Waals surface area contributed by atoms with E-state index < -0.39 is 5.41 Å². The van der Waals surface area contributed by atoms with Gasteiger partial charge in [0.1, 0.15) is 0 Å². The average molecular weight is 258 g/mol. The molecule has 0 bridgehead atoms. The number of methoxy groups -OCH3 is 2. The minimum Gasteiger partial charge on any atom is -0.469 e. The van der Waals surface area contributed by atoms with Crippen LogP contribution in [0.25, 0.3) is 0 Å². The number of nitrogens with one attached hydrogen (secondary N) is 2. The van der Waals surface area contributed by atoms with E-state index in [1.54, 1.807) is 7.11 Å². The molecule has 0 aromatic rings. The van der Waals surface area contributed by atoms with E-state index in [0.717, 1.165) is 25.9 Å². The minimum atomic E-state index is -0.462. The average Bonchev–Trinajstić information content (AvgIpc) is 2.39. The number of esters is 1. The summed E-state index contributed by atoms with van der Waals surface area (Å²) < 4.78 is 9.70. The van der Waals surface area contributed by atoms with Crippen molar-refractivity contribution in [1.29, 1.82) is 0 Å². The van der Waals surface area contributed by atoms with Crippen molar-refractivity contribution in [3.63, 3.8) is 0 Å². The van der Waals surface area contributed by atoms with Crippen molar-refractivity contribution in [3.8, 4) is 0 Å². The third kappa shape index (κ3) is 3.96. The number of hydrogen-bond acceptors (Lipinski definition) is 5. The van der Waals surface area contributed by atoms with Crippen LogP contribution in [-0.2, 0) is 19.1 Å². The van der Waals surface area contributed by atoms with Crippen molar-refractivity contribution in [3.05, 3.63) is 0 Å². The van der Waals surface area contributed by atoms with Gasteiger partial charge in [0.15, 0.2) is 0 Å². The van der Waals surface area contributed by atoms with E-state index in [0.29, 0.717) is 13.2 Å². The van der Waals surface area contributed by atoms with Crippen molar-refractivity contribution < 1.29 is 19.1 Å². The number of carbonyl (C=O) groups is 2. The molecule has 6 nitrogen and oxygen atoms in total. The van der Waals surface area contributed by atoms with Gasteiger partial charge >= 0.3 is 5.97 Å². The Bertz CT molecular complexity index is 282. The van der Waals surface area contributed by atoms with Crippen molar-refractivity contribution in [1.82, 2.24) is 10.6 Å². The van der Waals surface area contributed by atoms with E-state index in [9.17, 15) is 9.59 Å². The lowest BCUT2D eigenvalue weighted by Crippen LogP contribution is -2.50. The second kappa shape index (κ2) is 7.33. The van der Waals surface area contributed by atoms with Gasteiger partial charge in [0, 0.05) is 13.7 Å². The molecule has 2 N–H and O–H groups in total. The zero-order valence-corrected chi connectivity index (χ0v) is 11.1. The highest BCUT2D eigenvalue weighted by molar-refractivity contribution is 5.83. The SMILES string of the molecule is COCC1(C(=O)NCCC(=O)OC)CCNCC1. The summed E-state index contributed by atoms with van der Waals surface area (Å²) in [5.41, 5.74) is -0.462. The van der Waals surface area contributed by atoms with Crippen LogP contribution in [-0.4, -0.2) is 52.3 Å². The van der Waals surface area contributed by atoms with Gasteiger partial charge in [-0.2, -0.15) is 0 Å². The van der Waals surface area contributed by atoms with Crippen LogP contribution in [0.3, 0.4) is 0 Å². The Balaban J connectivity index is 2.46. The van der Waals surface area contributed by atoms with Gasteiger partial charge in [-0.3, -0.25) is 9.59 Å². The minimum absolute atomic E-state index is 0.0326. The van der Waals surface area contributed by atoms with Crippen LogP contribution in [0.1, 0.15) is 19.3 Å². The lowest BCUT2D eigenvalue weighted by molar-refractivity contribution is -0.141. The number of piperidine rings is 1. The van der Waals surface area contributed by atoms with E-state index in [1.165, 1.54) is 7.11 Å². The van der Waals surface area contributed by atoms with Crippen LogP contribution in [0.2, 0.25) is 0 Å². The Hall–Kier alpha value is -1.14. The second-order valence-corrected chi connectivity index (χ2v) is 4.55. The maximum absolute atomic E-state index is 12.2. The van der Waals surface area contributed by atoms with E-state index in [1.807, 2.05) is 0 Å². The van der Waals surface area contributed by atoms with Gasteiger partial charge in [0.2, 0.25) is 5.91 Å². The quantitative estimate of drug-likeness (QED) is 0.639. The van der Waals surface area contributed by atoms with E-state index in [-0.39, 0.29) is 18.3 Å². The highest BCUT2D eigenvalue weighted by Crippen LogP contribution is 2.29. The molecule has 0 aromatic carbocycles. The number of ether oxygens (including phenoxy) is 2. The fourth-order valence-electron chi connectivity index (χ4n) is 2.19. The number of rotatable bonds is 6. The molecule has 1 amide bonds. The summed E-state index contributed by atoms with van der Waals surface area (Å²) in [7, 11) is 2.94. The van der Waals surface area contributed by atoms with Gasteiger partial charge in [-0.1, -0.05) is 0 Å². The largest absolute Gasteiger partial charge is 0.469 e. The Labute approximate surface area is 107 Å². The van der Waals surface area contributed by atoms with Gasteiger partial charge in [-0.25, -0.2) is 0 Å². The van der Waals surface area contributed by atoms with Crippen molar-refractivity contribution in [2.75, 3.05) is 40.5 Å². The summed E-state index contributed by atoms with van der Waals surface area (Å²) in [5.74, 6) is -0.351. The van der Waals surface area contributed by atoms with Gasteiger partial charge in [-0.05, 0) is 25.9 Å². The lowest BCUT2D eigenvalue weighted by atomic mass is 9.78. The maximum Gasteiger partial charge on any atom is 0.307 e. The van der Waals surface area contributed by atoms with Gasteiger partial charge in [-0.15, -0.1) is 0 Å². The Kier molecular flexibility index (Phi) is 6.07. The standard InChI is InChI=1S/C12H22N2O4/c1-17-9-12(4-7-13-8-5-12)11(16)14-6-3-10(15)18-2/h13H,3-9H2,1-2H3,(H,14,16). The molecule has 1 aliphatic heterocycles. The second-order valence-electron chi connectivity index (χ2n) is 4.55. The Morgan fingerprint density at radius 1 is 1.28 bits per heavy atom. The van der Waals surface area contributed by atoms with Crippen LogP contribution in [0.4, 0.5) is 0 Å². The predicted molar refractivity (Wildman–Crippen MR) is 66.1 cm³/mol. The Morgan fingerprint density at radius 2 is 1.94 bits per heavy atom. The predicted octanol–water partition coefficient (Wildman–Crippen LogP) is -0.318. The number of hydrogen-bond donors (Lipinski definition) is 2. The molecule has 1 aliphatic rings. The molecule has 0 unspecified atom stereocenters. The van der Waals surface area contributed by atoms with Crippen LogP contribution in [0.15, 0.2) is 0 Å². The highest BCUT2D eigenvalue weighted by Gasteiger charge is 2.39. The first-order valence-corrected chi connectivity index (χ1v) is 6.19. The zero-order valence-electron chi connectivity index (χ0n) is 11.1. The molecule has 0 atom stereocenters. The third-order valence-electron chi connectivity index (χ3n) is 3.31. The summed E-state index contributed by atoms with van der Waals surface area (Å²) in [4.78, 5) is 23.2. The molecule has 0 saturated carbocycles. The molecule has 0 radical (unpaired) electrons. The fraction of sp³-hybridized carbons (Fsp3) is 0.833. The third-order valence-corrected chi connectivity index (χ3v) is 3.31. The van der Waals surface area contributed by atoms with Gasteiger partial charge in [0.05, 0.1) is 25.6 Å². The lowest BCUT2D eigenvalue weighted by Gasteiger charge is -2.35. The van der Waals surface area contributed by atoms with Crippen LogP contribution >= 0.6 is 0 Å². The van der Waals surface area contributed by atoms with E-state index in [2.05, 4.69) is 15.4 Å². The molecule has 0 aromatic heterocycles. The van der Waals surface area contributed by atoms with Crippen molar-refractivity contribution in [2.45, 2.75) is 19.3 Å². The normalized spacial score (nSPS) is 18.1. The van der Waals surface area contributed by atoms with Gasteiger partial charge < -0.3 is 20.1 Å². The molecular weight excluding hydrogens is 236 g/mol. The first-order valence-electron chi connectivity index (χ1n) is 6.19. The summed E-state index contributed by atoms with van der Waals surface area (Å²) >= 11 is 0. The molecule has 18 heavy (non-hydrogen) atoms. The maximum atomic E-state index is 12.2. The highest BCUT2D eigenvalue weighted by atomic mass is 16.5. The first-order chi connectivity index (χ1) is 8.64. The first kappa shape index (κ1) is 14.9. The summed E-state index contributed by atoms with van der Waals surface area (Å²) in [6.45, 7) is 2.35. The van der Waals surface area contributed by atoms with Crippen LogP contribution < -0.4 is 10.6 Å². The molecule has 1 heterocycles. The smallest absolute Gasteiger partial charge is 0.307 e. The zero-order chi connectivity index (χ0) is 13.4. The fourth-order valence-corrected chi connectivity index (χ4v) is 2.19. The summed E-state index contributed by atoms with van der Waals surface area (Å²) in [6.07, 6.45) is 1.71. The molecule has 1 fully saturated rings. The topological polar surface area (TPSA) is 76.7 Å². The molecule has 104 valence electrons. The molecule has 0 spiro atoms. The Morgan fingerprint density at radius 3 is 2.50 bits per heavy atom. The molecular formula is C12H22N2O4. The van der Waals surface area contributed by atoms with Crippen LogP contribution in [0, 0.1) is 5.41 Å². The van der Waals surface area contributed by atoms with Gasteiger partial charge in [0.25, 0.3) is 0 Å². The molecule has 6 heteroatoms. The molecule has 1 rings (SSSR count). The van der Waals surface area contributed by atoms with Crippen molar-refractivity contribution in [2.24, 2.45) is 5.41 Å². The monoisotopic (exact) mass is 258 g/mol. The molecule has 0 aliphatic carbocycles. The van der Waals surface area contributed by atoms with E-state index in [4.69, 9.17) is 4.74 Å². The van der Waals surface area contributed by atoms with Crippen LogP contribution in [0.5, 0.6) is 0 Å². The van der Waals surface area contributed by atoms with E-state index >= 15 is 0 Å². The molecule has 1 saturated heterocycles. The number of carbonyl (C=O) groups excluding carboxylic acids is 2. The van der Waals surface area contributed by atoms with Crippen molar-refractivity contribution >= 4 is 11.9 Å². The number of amides is 1.